The molecule has 23 heavy (non-hydrogen) atoms. The normalized spacial score (nSPS) is 18.0. The van der Waals surface area contributed by atoms with Gasteiger partial charge in [0.05, 0.1) is 10.7 Å². The first-order valence-electron chi connectivity index (χ1n) is 7.65. The Morgan fingerprint density at radius 2 is 2.09 bits per heavy atom. The molecular weight excluding hydrogens is 333 g/mol. The van der Waals surface area contributed by atoms with Crippen LogP contribution in [0.15, 0.2) is 24.5 Å². The Kier molecular flexibility index (Phi) is 4.78. The smallest absolute Gasteiger partial charge is 0.159 e. The van der Waals surface area contributed by atoms with Gasteiger partial charge in [-0.05, 0) is 44.4 Å². The van der Waals surface area contributed by atoms with E-state index in [0.29, 0.717) is 33.3 Å². The Morgan fingerprint density at radius 3 is 2.87 bits per heavy atom. The number of anilines is 4. The monoisotopic (exact) mass is 351 g/mol. The molecular formula is C16H19Cl2N5. The summed E-state index contributed by atoms with van der Waals surface area (Å²) in [7, 11) is 0. The van der Waals surface area contributed by atoms with E-state index in [1.165, 1.54) is 12.7 Å². The summed E-state index contributed by atoms with van der Waals surface area (Å²) in [6.45, 7) is 3.15. The van der Waals surface area contributed by atoms with E-state index < -0.39 is 0 Å². The van der Waals surface area contributed by atoms with Crippen LogP contribution in [0.2, 0.25) is 10.0 Å². The average Bonchev–Trinajstić information content (AvgIpc) is 2.54. The lowest BCUT2D eigenvalue weighted by Crippen LogP contribution is -2.38. The summed E-state index contributed by atoms with van der Waals surface area (Å²) in [4.78, 5) is 10.9. The largest absolute Gasteiger partial charge is 0.393 e. The van der Waals surface area contributed by atoms with Crippen molar-refractivity contribution in [2.24, 2.45) is 0 Å². The maximum atomic E-state index is 6.31. The Morgan fingerprint density at radius 1 is 1.26 bits per heavy atom. The SMILES string of the molecule is CC1CCCCN1c1ncnc(Nc2cc(Cl)ccc2Cl)c1N. The second kappa shape index (κ2) is 6.81. The van der Waals surface area contributed by atoms with Gasteiger partial charge in [0, 0.05) is 17.6 Å². The Labute approximate surface area is 145 Å². The molecule has 2 heterocycles. The Hall–Kier alpha value is -1.72. The number of aromatic nitrogens is 2. The number of nitrogens with zero attached hydrogens (tertiary/aromatic N) is 3. The highest BCUT2D eigenvalue weighted by Crippen LogP contribution is 2.34. The molecule has 0 spiro atoms. The zero-order valence-corrected chi connectivity index (χ0v) is 14.4. The van der Waals surface area contributed by atoms with Gasteiger partial charge in [-0.1, -0.05) is 23.2 Å². The summed E-state index contributed by atoms with van der Waals surface area (Å²) in [6.07, 6.45) is 5.06. The number of benzene rings is 1. The van der Waals surface area contributed by atoms with Gasteiger partial charge >= 0.3 is 0 Å². The maximum Gasteiger partial charge on any atom is 0.159 e. The van der Waals surface area contributed by atoms with Crippen LogP contribution in [-0.4, -0.2) is 22.6 Å². The quantitative estimate of drug-likeness (QED) is 0.852. The number of nitrogens with one attached hydrogen (secondary N) is 1. The lowest BCUT2D eigenvalue weighted by molar-refractivity contribution is 0.481. The van der Waals surface area contributed by atoms with E-state index in [1.54, 1.807) is 18.2 Å². The van der Waals surface area contributed by atoms with Gasteiger partial charge in [0.25, 0.3) is 0 Å². The molecule has 3 N–H and O–H groups in total. The second-order valence-corrected chi connectivity index (χ2v) is 6.59. The maximum absolute atomic E-state index is 6.31. The van der Waals surface area contributed by atoms with Crippen molar-refractivity contribution in [1.82, 2.24) is 9.97 Å². The molecule has 1 aliphatic heterocycles. The fraction of sp³-hybridized carbons (Fsp3) is 0.375. The van der Waals surface area contributed by atoms with Crippen LogP contribution in [0.5, 0.6) is 0 Å². The molecule has 1 aromatic heterocycles. The summed E-state index contributed by atoms with van der Waals surface area (Å²) in [6, 6.07) is 5.63. The fourth-order valence-corrected chi connectivity index (χ4v) is 3.19. The predicted molar refractivity (Wildman–Crippen MR) is 96.8 cm³/mol. The van der Waals surface area contributed by atoms with Crippen molar-refractivity contribution >= 4 is 46.2 Å². The Bertz CT molecular complexity index is 707. The van der Waals surface area contributed by atoms with Crippen molar-refractivity contribution in [2.45, 2.75) is 32.2 Å². The fourth-order valence-electron chi connectivity index (χ4n) is 2.85. The third kappa shape index (κ3) is 3.46. The van der Waals surface area contributed by atoms with Gasteiger partial charge in [0.1, 0.15) is 12.0 Å². The van der Waals surface area contributed by atoms with Gasteiger partial charge in [-0.25, -0.2) is 9.97 Å². The number of halogens is 2. The van der Waals surface area contributed by atoms with Gasteiger partial charge in [-0.15, -0.1) is 0 Å². The molecule has 0 aliphatic carbocycles. The molecule has 1 aliphatic rings. The van der Waals surface area contributed by atoms with Gasteiger partial charge in [-0.3, -0.25) is 0 Å². The van der Waals surface area contributed by atoms with Gasteiger partial charge in [0.2, 0.25) is 0 Å². The van der Waals surface area contributed by atoms with Crippen molar-refractivity contribution in [1.29, 1.82) is 0 Å². The number of rotatable bonds is 3. The molecule has 7 heteroatoms. The van der Waals surface area contributed by atoms with E-state index in [0.717, 1.165) is 25.2 Å². The van der Waals surface area contributed by atoms with Crippen LogP contribution in [0.4, 0.5) is 23.0 Å². The molecule has 1 unspecified atom stereocenters. The molecule has 0 bridgehead atoms. The van der Waals surface area contributed by atoms with Crippen molar-refractivity contribution in [3.8, 4) is 0 Å². The van der Waals surface area contributed by atoms with Crippen molar-refractivity contribution in [3.05, 3.63) is 34.6 Å². The first-order valence-corrected chi connectivity index (χ1v) is 8.41. The number of hydrogen-bond donors (Lipinski definition) is 2. The van der Waals surface area contributed by atoms with Crippen molar-refractivity contribution in [2.75, 3.05) is 22.5 Å². The highest BCUT2D eigenvalue weighted by atomic mass is 35.5. The highest BCUT2D eigenvalue weighted by molar-refractivity contribution is 6.35. The molecule has 5 nitrogen and oxygen atoms in total. The molecule has 0 radical (unpaired) electrons. The molecule has 0 amide bonds. The van der Waals surface area contributed by atoms with E-state index in [2.05, 4.69) is 27.1 Å². The molecule has 2 aromatic rings. The van der Waals surface area contributed by atoms with Crippen LogP contribution in [0, 0.1) is 0 Å². The first-order chi connectivity index (χ1) is 11.1. The summed E-state index contributed by atoms with van der Waals surface area (Å²) >= 11 is 12.2. The number of hydrogen-bond acceptors (Lipinski definition) is 5. The molecule has 1 aromatic carbocycles. The van der Waals surface area contributed by atoms with Crippen LogP contribution in [-0.2, 0) is 0 Å². The first kappa shape index (κ1) is 16.1. The minimum Gasteiger partial charge on any atom is -0.393 e. The third-order valence-electron chi connectivity index (χ3n) is 4.12. The summed E-state index contributed by atoms with van der Waals surface area (Å²) < 4.78 is 0. The number of nitrogens with two attached hydrogens (primary N) is 1. The molecule has 1 atom stereocenters. The van der Waals surface area contributed by atoms with Crippen LogP contribution in [0.3, 0.4) is 0 Å². The van der Waals surface area contributed by atoms with Crippen LogP contribution in [0.25, 0.3) is 0 Å². The lowest BCUT2D eigenvalue weighted by atomic mass is 10.0. The zero-order valence-electron chi connectivity index (χ0n) is 12.9. The summed E-state index contributed by atoms with van der Waals surface area (Å²) in [5.74, 6) is 1.31. The van der Waals surface area contributed by atoms with Gasteiger partial charge in [-0.2, -0.15) is 0 Å². The van der Waals surface area contributed by atoms with Crippen LogP contribution in [0.1, 0.15) is 26.2 Å². The van der Waals surface area contributed by atoms with Gasteiger partial charge in [0.15, 0.2) is 11.6 Å². The van der Waals surface area contributed by atoms with E-state index in [1.807, 2.05) is 0 Å². The zero-order chi connectivity index (χ0) is 16.4. The average molecular weight is 352 g/mol. The molecule has 1 fully saturated rings. The molecule has 0 saturated carbocycles. The van der Waals surface area contributed by atoms with Gasteiger partial charge < -0.3 is 16.0 Å². The number of piperidine rings is 1. The Balaban J connectivity index is 1.92. The summed E-state index contributed by atoms with van der Waals surface area (Å²) in [5.41, 5.74) is 7.50. The minimum atomic E-state index is 0.420. The van der Waals surface area contributed by atoms with E-state index in [4.69, 9.17) is 28.9 Å². The highest BCUT2D eigenvalue weighted by Gasteiger charge is 2.23. The minimum absolute atomic E-state index is 0.420. The summed E-state index contributed by atoms with van der Waals surface area (Å²) in [5, 5.41) is 4.30. The third-order valence-corrected chi connectivity index (χ3v) is 4.68. The van der Waals surface area contributed by atoms with E-state index >= 15 is 0 Å². The van der Waals surface area contributed by atoms with Crippen LogP contribution < -0.4 is 16.0 Å². The van der Waals surface area contributed by atoms with E-state index in [-0.39, 0.29) is 0 Å². The second-order valence-electron chi connectivity index (χ2n) is 5.75. The lowest BCUT2D eigenvalue weighted by Gasteiger charge is -2.35. The standard InChI is InChI=1S/C16H19Cl2N5/c1-10-4-2-3-7-23(10)16-14(19)15(20-9-21-16)22-13-8-11(17)5-6-12(13)18/h5-6,8-10H,2-4,7,19H2,1H3,(H,20,21,22). The predicted octanol–water partition coefficient (Wildman–Crippen LogP) is 4.49. The van der Waals surface area contributed by atoms with Crippen LogP contribution >= 0.6 is 23.2 Å². The molecule has 122 valence electrons. The molecule has 3 rings (SSSR count). The van der Waals surface area contributed by atoms with E-state index in [9.17, 15) is 0 Å². The van der Waals surface area contributed by atoms with Crippen molar-refractivity contribution in [3.63, 3.8) is 0 Å². The van der Waals surface area contributed by atoms with Crippen molar-refractivity contribution < 1.29 is 0 Å². The number of nitrogen functional groups attached to an aromatic ring is 1. The molecule has 1 saturated heterocycles. The topological polar surface area (TPSA) is 67.1 Å².